The minimum absolute atomic E-state index is 0.0670. The molecule has 2 saturated carbocycles. The molecule has 0 saturated heterocycles. The lowest BCUT2D eigenvalue weighted by Crippen LogP contribution is -2.32. The number of ketones is 1. The van der Waals surface area contributed by atoms with Crippen LogP contribution in [0.2, 0.25) is 0 Å². The summed E-state index contributed by atoms with van der Waals surface area (Å²) < 4.78 is 5.15. The van der Waals surface area contributed by atoms with E-state index in [4.69, 9.17) is 4.74 Å². The number of hydrogen-bond acceptors (Lipinski definition) is 3. The molecule has 2 fully saturated rings. The minimum Gasteiger partial charge on any atom is -0.497 e. The van der Waals surface area contributed by atoms with Crippen molar-refractivity contribution < 1.29 is 9.53 Å². The predicted octanol–water partition coefficient (Wildman–Crippen LogP) is 4.02. The number of hydrogen-bond donors (Lipinski definition) is 1. The van der Waals surface area contributed by atoms with E-state index >= 15 is 0 Å². The third-order valence-corrected chi connectivity index (χ3v) is 5.85. The second kappa shape index (κ2) is 4.62. The van der Waals surface area contributed by atoms with Gasteiger partial charge in [0.2, 0.25) is 0 Å². The van der Waals surface area contributed by atoms with Gasteiger partial charge < -0.3 is 10.1 Å². The maximum atomic E-state index is 12.7. The van der Waals surface area contributed by atoms with Gasteiger partial charge >= 0.3 is 0 Å². The van der Waals surface area contributed by atoms with E-state index < -0.39 is 0 Å². The van der Waals surface area contributed by atoms with Gasteiger partial charge in [-0.05, 0) is 48.4 Å². The van der Waals surface area contributed by atoms with Gasteiger partial charge in [0.1, 0.15) is 5.75 Å². The van der Waals surface area contributed by atoms with Crippen LogP contribution in [0.25, 0.3) is 0 Å². The van der Waals surface area contributed by atoms with Gasteiger partial charge in [0.15, 0.2) is 5.78 Å². The molecule has 0 heterocycles. The molecule has 2 aliphatic rings. The van der Waals surface area contributed by atoms with Crippen LogP contribution in [-0.4, -0.2) is 12.9 Å². The molecule has 0 radical (unpaired) electrons. The molecule has 0 aliphatic heterocycles. The summed E-state index contributed by atoms with van der Waals surface area (Å²) in [6, 6.07) is 7.74. The van der Waals surface area contributed by atoms with Crippen molar-refractivity contribution in [2.75, 3.05) is 12.4 Å². The maximum Gasteiger partial charge on any atom is 0.167 e. The monoisotopic (exact) mass is 285 g/mol. The Bertz CT molecular complexity index is 600. The Balaban J connectivity index is 1.83. The van der Waals surface area contributed by atoms with E-state index in [2.05, 4.69) is 26.1 Å². The van der Waals surface area contributed by atoms with Crippen LogP contribution >= 0.6 is 0 Å². The van der Waals surface area contributed by atoms with Crippen molar-refractivity contribution in [1.29, 1.82) is 0 Å². The highest BCUT2D eigenvalue weighted by Gasteiger charge is 2.63. The van der Waals surface area contributed by atoms with Crippen LogP contribution in [0, 0.1) is 16.7 Å². The Hall–Kier alpha value is -1.77. The fraction of sp³-hybridized carbons (Fsp3) is 0.500. The Kier molecular flexibility index (Phi) is 3.12. The fourth-order valence-corrected chi connectivity index (χ4v) is 3.94. The third-order valence-electron chi connectivity index (χ3n) is 5.85. The molecule has 0 unspecified atom stereocenters. The number of ether oxygens (including phenoxy) is 1. The number of fused-ring (bicyclic) bond motifs is 2. The van der Waals surface area contributed by atoms with Gasteiger partial charge in [0.05, 0.1) is 7.11 Å². The standard InChI is InChI=1S/C18H23NO2/c1-17(2)15-9-10-18(17,3)16(20)14(15)11-19-12-5-7-13(21-4)8-6-12/h5-8,11,15,19H,9-10H2,1-4H3/b14-11-/t15-,18-/m0/s1. The molecule has 112 valence electrons. The molecule has 3 nitrogen and oxygen atoms in total. The van der Waals surface area contributed by atoms with E-state index in [-0.39, 0.29) is 10.8 Å². The van der Waals surface area contributed by atoms with Crippen molar-refractivity contribution in [2.24, 2.45) is 16.7 Å². The number of anilines is 1. The largest absolute Gasteiger partial charge is 0.497 e. The SMILES string of the molecule is COc1ccc(N/C=C2\C(=O)[C@]3(C)CC[C@@H]2C3(C)C)cc1. The lowest BCUT2D eigenvalue weighted by atomic mass is 9.70. The smallest absolute Gasteiger partial charge is 0.167 e. The number of carbonyl (C=O) groups excluding carboxylic acids is 1. The molecule has 1 aromatic rings. The van der Waals surface area contributed by atoms with E-state index in [0.29, 0.717) is 11.7 Å². The summed E-state index contributed by atoms with van der Waals surface area (Å²) in [6.45, 7) is 6.59. The summed E-state index contributed by atoms with van der Waals surface area (Å²) in [7, 11) is 1.65. The molecule has 21 heavy (non-hydrogen) atoms. The van der Waals surface area contributed by atoms with Gasteiger partial charge in [-0.15, -0.1) is 0 Å². The Morgan fingerprint density at radius 2 is 1.90 bits per heavy atom. The molecule has 1 aromatic carbocycles. The Labute approximate surface area is 126 Å². The molecule has 0 aromatic heterocycles. The van der Waals surface area contributed by atoms with Crippen LogP contribution in [0.3, 0.4) is 0 Å². The number of nitrogens with one attached hydrogen (secondary N) is 1. The summed E-state index contributed by atoms with van der Waals surface area (Å²) >= 11 is 0. The van der Waals surface area contributed by atoms with Gasteiger partial charge in [0.25, 0.3) is 0 Å². The Morgan fingerprint density at radius 3 is 2.43 bits per heavy atom. The summed E-state index contributed by atoms with van der Waals surface area (Å²) in [5.74, 6) is 1.53. The van der Waals surface area contributed by atoms with E-state index in [9.17, 15) is 4.79 Å². The molecule has 1 N–H and O–H groups in total. The molecule has 0 amide bonds. The van der Waals surface area contributed by atoms with Gasteiger partial charge in [-0.1, -0.05) is 20.8 Å². The van der Waals surface area contributed by atoms with Crippen molar-refractivity contribution in [2.45, 2.75) is 33.6 Å². The van der Waals surface area contributed by atoms with Crippen LogP contribution in [0.5, 0.6) is 5.75 Å². The quantitative estimate of drug-likeness (QED) is 0.853. The normalized spacial score (nSPS) is 31.7. The zero-order valence-electron chi connectivity index (χ0n) is 13.2. The number of allylic oxidation sites excluding steroid dienone is 1. The lowest BCUT2D eigenvalue weighted by molar-refractivity contribution is -0.125. The minimum atomic E-state index is -0.189. The molecule has 3 heteroatoms. The number of rotatable bonds is 3. The first-order valence-electron chi connectivity index (χ1n) is 7.55. The van der Waals surface area contributed by atoms with Crippen LogP contribution in [0.4, 0.5) is 5.69 Å². The number of carbonyl (C=O) groups is 1. The molecule has 0 spiro atoms. The first kappa shape index (κ1) is 14.2. The van der Waals surface area contributed by atoms with Crippen LogP contribution in [-0.2, 0) is 4.79 Å². The second-order valence-electron chi connectivity index (χ2n) is 6.95. The predicted molar refractivity (Wildman–Crippen MR) is 84.3 cm³/mol. The van der Waals surface area contributed by atoms with Gasteiger partial charge in [0, 0.05) is 22.9 Å². The van der Waals surface area contributed by atoms with E-state index in [1.54, 1.807) is 7.11 Å². The van der Waals surface area contributed by atoms with E-state index in [1.165, 1.54) is 0 Å². The van der Waals surface area contributed by atoms with Gasteiger partial charge in [-0.25, -0.2) is 0 Å². The zero-order valence-corrected chi connectivity index (χ0v) is 13.2. The first-order chi connectivity index (χ1) is 9.90. The highest BCUT2D eigenvalue weighted by Crippen LogP contribution is 2.65. The molecule has 2 bridgehead atoms. The van der Waals surface area contributed by atoms with Crippen LogP contribution in [0.15, 0.2) is 36.0 Å². The van der Waals surface area contributed by atoms with Crippen molar-refractivity contribution in [3.63, 3.8) is 0 Å². The van der Waals surface area contributed by atoms with E-state index in [0.717, 1.165) is 29.9 Å². The summed E-state index contributed by atoms with van der Waals surface area (Å²) in [6.07, 6.45) is 4.05. The van der Waals surface area contributed by atoms with Crippen molar-refractivity contribution in [1.82, 2.24) is 0 Å². The summed E-state index contributed by atoms with van der Waals surface area (Å²) in [5.41, 5.74) is 1.81. The number of Topliss-reactive ketones (excluding diaryl/α,β-unsaturated/α-hetero) is 1. The summed E-state index contributed by atoms with van der Waals surface area (Å²) in [5, 5.41) is 3.27. The lowest BCUT2D eigenvalue weighted by Gasteiger charge is -2.31. The second-order valence-corrected chi connectivity index (χ2v) is 6.95. The topological polar surface area (TPSA) is 38.3 Å². The van der Waals surface area contributed by atoms with E-state index in [1.807, 2.05) is 30.5 Å². The maximum absolute atomic E-state index is 12.7. The van der Waals surface area contributed by atoms with Gasteiger partial charge in [-0.3, -0.25) is 4.79 Å². The average molecular weight is 285 g/mol. The molecule has 2 aliphatic carbocycles. The van der Waals surface area contributed by atoms with Crippen molar-refractivity contribution in [3.05, 3.63) is 36.0 Å². The highest BCUT2D eigenvalue weighted by atomic mass is 16.5. The summed E-state index contributed by atoms with van der Waals surface area (Å²) in [4.78, 5) is 12.7. The third kappa shape index (κ3) is 1.90. The van der Waals surface area contributed by atoms with Crippen LogP contribution < -0.4 is 10.1 Å². The first-order valence-corrected chi connectivity index (χ1v) is 7.55. The fourth-order valence-electron chi connectivity index (χ4n) is 3.94. The molecular formula is C18H23NO2. The Morgan fingerprint density at radius 1 is 1.24 bits per heavy atom. The molecule has 3 rings (SSSR count). The zero-order chi connectivity index (χ0) is 15.3. The van der Waals surface area contributed by atoms with Crippen molar-refractivity contribution in [3.8, 4) is 5.75 Å². The highest BCUT2D eigenvalue weighted by molar-refractivity contribution is 6.04. The van der Waals surface area contributed by atoms with Crippen molar-refractivity contribution >= 4 is 11.5 Å². The number of benzene rings is 1. The average Bonchev–Trinajstić information content (AvgIpc) is 2.78. The number of methoxy groups -OCH3 is 1. The molecular weight excluding hydrogens is 262 g/mol. The molecule has 2 atom stereocenters. The van der Waals surface area contributed by atoms with Crippen LogP contribution in [0.1, 0.15) is 33.6 Å². The van der Waals surface area contributed by atoms with Gasteiger partial charge in [-0.2, -0.15) is 0 Å².